The van der Waals surface area contributed by atoms with Gasteiger partial charge in [0.2, 0.25) is 0 Å². The minimum Gasteiger partial charge on any atom is -0.483 e. The van der Waals surface area contributed by atoms with E-state index in [0.717, 1.165) is 0 Å². The van der Waals surface area contributed by atoms with Gasteiger partial charge in [0, 0.05) is 18.0 Å². The molecule has 0 unspecified atom stereocenters. The highest BCUT2D eigenvalue weighted by Crippen LogP contribution is 1.91. The third-order valence-corrected chi connectivity index (χ3v) is 0.973. The van der Waals surface area contributed by atoms with Gasteiger partial charge in [-0.3, -0.25) is 15.2 Å². The van der Waals surface area contributed by atoms with Crippen molar-refractivity contribution in [3.05, 3.63) is 30.1 Å². The van der Waals surface area contributed by atoms with Crippen LogP contribution in [0.2, 0.25) is 0 Å². The Bertz CT molecular complexity index is 248. The Hall–Kier alpha value is -1.91. The first-order chi connectivity index (χ1) is 5.72. The molecule has 0 bridgehead atoms. The molecular weight excluding hydrogens is 158 g/mol. The Morgan fingerprint density at radius 1 is 1.75 bits per heavy atom. The van der Waals surface area contributed by atoms with E-state index in [1.165, 1.54) is 0 Å². The van der Waals surface area contributed by atoms with Gasteiger partial charge in [0.25, 0.3) is 6.47 Å². The van der Waals surface area contributed by atoms with E-state index in [4.69, 9.17) is 21.0 Å². The number of carboxylic acid groups (broad SMARTS) is 1. The normalized spacial score (nSPS) is 7.67. The number of hydrogen-bond donors (Lipinski definition) is 3. The third-order valence-electron chi connectivity index (χ3n) is 0.973. The van der Waals surface area contributed by atoms with Crippen molar-refractivity contribution in [3.63, 3.8) is 0 Å². The minimum atomic E-state index is -0.250. The molecule has 1 aromatic rings. The van der Waals surface area contributed by atoms with Crippen molar-refractivity contribution >= 4 is 12.3 Å². The summed E-state index contributed by atoms with van der Waals surface area (Å²) in [7, 11) is 0. The molecule has 0 aliphatic carbocycles. The van der Waals surface area contributed by atoms with Crippen molar-refractivity contribution < 1.29 is 9.90 Å². The predicted molar refractivity (Wildman–Crippen MR) is 43.9 cm³/mol. The van der Waals surface area contributed by atoms with E-state index < -0.39 is 0 Å². The maximum atomic E-state index is 8.36. The molecule has 1 aromatic heterocycles. The van der Waals surface area contributed by atoms with Crippen LogP contribution in [0.5, 0.6) is 0 Å². The highest BCUT2D eigenvalue weighted by molar-refractivity contribution is 5.94. The average molecular weight is 167 g/mol. The highest BCUT2D eigenvalue weighted by Gasteiger charge is 1.90. The molecule has 1 rings (SSSR count). The zero-order chi connectivity index (χ0) is 9.40. The van der Waals surface area contributed by atoms with Gasteiger partial charge in [-0.05, 0) is 12.1 Å². The summed E-state index contributed by atoms with van der Waals surface area (Å²) in [5.74, 6) is 0.0584. The van der Waals surface area contributed by atoms with Crippen LogP contribution < -0.4 is 5.73 Å². The molecule has 0 aliphatic rings. The number of pyridine rings is 1. The molecule has 0 saturated carbocycles. The van der Waals surface area contributed by atoms with E-state index in [1.807, 2.05) is 0 Å². The monoisotopic (exact) mass is 167 g/mol. The molecule has 64 valence electrons. The van der Waals surface area contributed by atoms with Crippen LogP contribution in [0.1, 0.15) is 5.56 Å². The number of nitrogens with zero attached hydrogens (tertiary/aromatic N) is 1. The van der Waals surface area contributed by atoms with E-state index >= 15 is 0 Å². The van der Waals surface area contributed by atoms with E-state index in [9.17, 15) is 0 Å². The van der Waals surface area contributed by atoms with Gasteiger partial charge < -0.3 is 10.8 Å². The predicted octanol–water partition coefficient (Wildman–Crippen LogP) is 0.0665. The van der Waals surface area contributed by atoms with Gasteiger partial charge in [0.05, 0.1) is 0 Å². The topological polar surface area (TPSA) is 100 Å². The van der Waals surface area contributed by atoms with Crippen molar-refractivity contribution in [2.75, 3.05) is 0 Å². The number of carbonyl (C=O) groups is 1. The third kappa shape index (κ3) is 3.99. The van der Waals surface area contributed by atoms with Gasteiger partial charge in [-0.2, -0.15) is 0 Å². The lowest BCUT2D eigenvalue weighted by molar-refractivity contribution is -0.122. The molecule has 5 heteroatoms. The number of aromatic nitrogens is 1. The Morgan fingerprint density at radius 2 is 2.33 bits per heavy atom. The maximum Gasteiger partial charge on any atom is 0.290 e. The fourth-order valence-electron chi connectivity index (χ4n) is 0.522. The molecular formula is C7H9N3O2. The van der Waals surface area contributed by atoms with Crippen molar-refractivity contribution in [2.24, 2.45) is 5.73 Å². The summed E-state index contributed by atoms with van der Waals surface area (Å²) in [4.78, 5) is 12.1. The van der Waals surface area contributed by atoms with Crippen molar-refractivity contribution in [2.45, 2.75) is 0 Å². The SMILES string of the molecule is N=C(N)c1cccnc1.O=CO. The quantitative estimate of drug-likeness (QED) is 0.313. The molecule has 0 atom stereocenters. The fraction of sp³-hybridized carbons (Fsp3) is 0. The van der Waals surface area contributed by atoms with Gasteiger partial charge in [-0.25, -0.2) is 0 Å². The second-order valence-corrected chi connectivity index (χ2v) is 1.76. The van der Waals surface area contributed by atoms with Crippen LogP contribution in [0.25, 0.3) is 0 Å². The van der Waals surface area contributed by atoms with Crippen molar-refractivity contribution in [1.29, 1.82) is 5.41 Å². The molecule has 0 fully saturated rings. The van der Waals surface area contributed by atoms with Gasteiger partial charge in [-0.1, -0.05) is 0 Å². The number of hydrogen-bond acceptors (Lipinski definition) is 3. The molecule has 0 radical (unpaired) electrons. The van der Waals surface area contributed by atoms with Crippen LogP contribution in [-0.4, -0.2) is 22.4 Å². The first-order valence-corrected chi connectivity index (χ1v) is 3.04. The average Bonchev–Trinajstić information content (AvgIpc) is 2.07. The van der Waals surface area contributed by atoms with Crippen molar-refractivity contribution in [1.82, 2.24) is 4.98 Å². The number of nitrogens with two attached hydrogens (primary N) is 1. The molecule has 4 N–H and O–H groups in total. The van der Waals surface area contributed by atoms with Crippen LogP contribution >= 0.6 is 0 Å². The molecule has 0 saturated heterocycles. The van der Waals surface area contributed by atoms with E-state index in [-0.39, 0.29) is 12.3 Å². The van der Waals surface area contributed by atoms with Gasteiger partial charge >= 0.3 is 0 Å². The molecule has 12 heavy (non-hydrogen) atoms. The van der Waals surface area contributed by atoms with E-state index in [2.05, 4.69) is 4.98 Å². The maximum absolute atomic E-state index is 8.36. The van der Waals surface area contributed by atoms with Crippen molar-refractivity contribution in [3.8, 4) is 0 Å². The van der Waals surface area contributed by atoms with Crippen LogP contribution in [0.15, 0.2) is 24.5 Å². The molecule has 0 aromatic carbocycles. The summed E-state index contributed by atoms with van der Waals surface area (Å²) in [6, 6.07) is 3.49. The first kappa shape index (κ1) is 10.1. The van der Waals surface area contributed by atoms with Crippen LogP contribution in [0, 0.1) is 5.41 Å². The molecule has 1 heterocycles. The highest BCUT2D eigenvalue weighted by atomic mass is 16.3. The Labute approximate surface area is 69.4 Å². The molecule has 0 aliphatic heterocycles. The lowest BCUT2D eigenvalue weighted by atomic mass is 10.3. The number of nitrogens with one attached hydrogen (secondary N) is 1. The summed E-state index contributed by atoms with van der Waals surface area (Å²) >= 11 is 0. The number of rotatable bonds is 1. The summed E-state index contributed by atoms with van der Waals surface area (Å²) in [5, 5.41) is 13.9. The molecule has 5 nitrogen and oxygen atoms in total. The zero-order valence-corrected chi connectivity index (χ0v) is 6.27. The van der Waals surface area contributed by atoms with Gasteiger partial charge in [0.15, 0.2) is 0 Å². The number of amidine groups is 1. The van der Waals surface area contributed by atoms with Gasteiger partial charge in [0.1, 0.15) is 5.84 Å². The summed E-state index contributed by atoms with van der Waals surface area (Å²) in [6.07, 6.45) is 3.20. The number of nitrogen functional groups attached to an aromatic ring is 1. The van der Waals surface area contributed by atoms with Crippen LogP contribution in [0.4, 0.5) is 0 Å². The largest absolute Gasteiger partial charge is 0.483 e. The first-order valence-electron chi connectivity index (χ1n) is 3.04. The summed E-state index contributed by atoms with van der Waals surface area (Å²) in [5.41, 5.74) is 5.82. The standard InChI is InChI=1S/C6H7N3.CH2O2/c7-6(8)5-2-1-3-9-4-5;2-1-3/h1-4H,(H3,7,8);1H,(H,2,3). The lowest BCUT2D eigenvalue weighted by Crippen LogP contribution is -2.10. The molecule has 0 spiro atoms. The summed E-state index contributed by atoms with van der Waals surface area (Å²) < 4.78 is 0. The lowest BCUT2D eigenvalue weighted by Gasteiger charge is -1.92. The van der Waals surface area contributed by atoms with Crippen LogP contribution in [0.3, 0.4) is 0 Å². The van der Waals surface area contributed by atoms with E-state index in [1.54, 1.807) is 24.5 Å². The zero-order valence-electron chi connectivity index (χ0n) is 6.27. The second kappa shape index (κ2) is 5.84. The Kier molecular flexibility index (Phi) is 4.91. The van der Waals surface area contributed by atoms with Crippen LogP contribution in [-0.2, 0) is 4.79 Å². The van der Waals surface area contributed by atoms with E-state index in [0.29, 0.717) is 5.56 Å². The Morgan fingerprint density at radius 3 is 2.58 bits per heavy atom. The minimum absolute atomic E-state index is 0.0584. The van der Waals surface area contributed by atoms with Gasteiger partial charge in [-0.15, -0.1) is 0 Å². The molecule has 0 amide bonds. The smallest absolute Gasteiger partial charge is 0.290 e. The second-order valence-electron chi connectivity index (χ2n) is 1.76. The fourth-order valence-corrected chi connectivity index (χ4v) is 0.522. The summed E-state index contributed by atoms with van der Waals surface area (Å²) in [6.45, 7) is -0.250. The Balaban J connectivity index is 0.000000354.